The average molecular weight is 877 g/mol. The number of hydrogen-bond donors (Lipinski definition) is 3. The summed E-state index contributed by atoms with van der Waals surface area (Å²) in [6.07, 6.45) is 0. The molecular formula is C58H84O6. The predicted octanol–water partition coefficient (Wildman–Crippen LogP) is 15.7. The Morgan fingerprint density at radius 1 is 0.422 bits per heavy atom. The maximum Gasteiger partial charge on any atom is 0.343 e. The molecule has 0 bridgehead atoms. The quantitative estimate of drug-likeness (QED) is 0.139. The SMILES string of the molecule is CC(C)(C)c1ccc(-c2c(C(=O)O)cc(C(C)(C)C)c(O)c2C(C)(C)C)c(C(C)(C)C)c1.CC(C)(C)c1ccc(OC(=O)c2cc(C(C)(C)C)c(O)c(C(C)(C)C)c2)c(C(C)(C)C)c1. The maximum absolute atomic E-state index is 13.3. The summed E-state index contributed by atoms with van der Waals surface area (Å²) in [6, 6.07) is 17.7. The summed E-state index contributed by atoms with van der Waals surface area (Å²) in [7, 11) is 0. The smallest absolute Gasteiger partial charge is 0.343 e. The van der Waals surface area contributed by atoms with Gasteiger partial charge in [0.05, 0.1) is 11.1 Å². The first-order valence-electron chi connectivity index (χ1n) is 22.9. The number of carboxylic acids is 1. The Labute approximate surface area is 388 Å². The molecule has 0 aliphatic carbocycles. The van der Waals surface area contributed by atoms with E-state index in [-0.39, 0.29) is 49.6 Å². The van der Waals surface area contributed by atoms with Crippen LogP contribution < -0.4 is 4.74 Å². The van der Waals surface area contributed by atoms with Crippen LogP contribution in [0.1, 0.15) is 231 Å². The van der Waals surface area contributed by atoms with Gasteiger partial charge in [-0.15, -0.1) is 0 Å². The number of aromatic hydroxyl groups is 2. The topological polar surface area (TPSA) is 104 Å². The highest BCUT2D eigenvalue weighted by Gasteiger charge is 2.36. The van der Waals surface area contributed by atoms with Crippen molar-refractivity contribution in [3.05, 3.63) is 110 Å². The first kappa shape index (κ1) is 53.8. The van der Waals surface area contributed by atoms with E-state index in [1.807, 2.05) is 101 Å². The van der Waals surface area contributed by atoms with Gasteiger partial charge in [0.25, 0.3) is 0 Å². The summed E-state index contributed by atoms with van der Waals surface area (Å²) in [6.45, 7) is 50.2. The summed E-state index contributed by atoms with van der Waals surface area (Å²) in [5.74, 6) is -0.347. The molecular weight excluding hydrogens is 793 g/mol. The first-order valence-corrected chi connectivity index (χ1v) is 22.9. The molecule has 4 aromatic carbocycles. The molecule has 64 heavy (non-hydrogen) atoms. The van der Waals surface area contributed by atoms with Crippen LogP contribution in [0.3, 0.4) is 0 Å². The number of ether oxygens (including phenoxy) is 1. The molecule has 6 nitrogen and oxygen atoms in total. The number of phenolic OH excluding ortho intramolecular Hbond substituents is 2. The number of benzene rings is 4. The number of hydrogen-bond acceptors (Lipinski definition) is 5. The zero-order chi connectivity index (χ0) is 49.9. The van der Waals surface area contributed by atoms with Crippen molar-refractivity contribution in [2.45, 2.75) is 209 Å². The Hall–Kier alpha value is -4.58. The molecule has 0 aromatic heterocycles. The van der Waals surface area contributed by atoms with Crippen molar-refractivity contribution >= 4 is 11.9 Å². The number of rotatable bonds is 4. The van der Waals surface area contributed by atoms with Crippen molar-refractivity contribution in [2.24, 2.45) is 0 Å². The van der Waals surface area contributed by atoms with E-state index in [0.717, 1.165) is 27.8 Å². The van der Waals surface area contributed by atoms with Gasteiger partial charge in [-0.1, -0.05) is 197 Å². The monoisotopic (exact) mass is 877 g/mol. The van der Waals surface area contributed by atoms with E-state index in [2.05, 4.69) is 101 Å². The zero-order valence-corrected chi connectivity index (χ0v) is 44.3. The second kappa shape index (κ2) is 17.7. The fourth-order valence-corrected chi connectivity index (χ4v) is 8.00. The van der Waals surface area contributed by atoms with Crippen LogP contribution in [-0.2, 0) is 43.3 Å². The van der Waals surface area contributed by atoms with Gasteiger partial charge in [0.2, 0.25) is 0 Å². The van der Waals surface area contributed by atoms with E-state index < -0.39 is 22.8 Å². The van der Waals surface area contributed by atoms with Gasteiger partial charge >= 0.3 is 11.9 Å². The predicted molar refractivity (Wildman–Crippen MR) is 270 cm³/mol. The van der Waals surface area contributed by atoms with E-state index in [9.17, 15) is 24.9 Å². The Morgan fingerprint density at radius 3 is 1.16 bits per heavy atom. The Kier molecular flexibility index (Phi) is 14.8. The van der Waals surface area contributed by atoms with Gasteiger partial charge in [0.15, 0.2) is 0 Å². The standard InChI is InChI=1S/2C29H42O3/c1-26(2,3)19-13-14-23(20(17-19)27(4,5)6)32-25(31)18-15-21(28(7,8)9)24(30)22(16-18)29(10,11)12;1-26(2,3)17-13-14-18(20(15-17)27(4,5)6)22-19(25(31)32)16-21(28(7,8)9)24(30)23(22)29(10,11)12/h13-17,30H,1-12H3;13-16,30H,1-12H3,(H,31,32). The molecule has 4 rings (SSSR count). The fraction of sp³-hybridized carbons (Fsp3) is 0.552. The number of esters is 1. The number of carboxylic acid groups (broad SMARTS) is 1. The third kappa shape index (κ3) is 12.4. The largest absolute Gasteiger partial charge is 0.507 e. The molecule has 6 heteroatoms. The summed E-state index contributed by atoms with van der Waals surface area (Å²) in [5, 5.41) is 32.7. The molecule has 4 aromatic rings. The molecule has 0 atom stereocenters. The van der Waals surface area contributed by atoms with Crippen LogP contribution in [0.4, 0.5) is 0 Å². The second-order valence-corrected chi connectivity index (χ2v) is 26.2. The fourth-order valence-electron chi connectivity index (χ4n) is 8.00. The van der Waals surface area contributed by atoms with Gasteiger partial charge in [0, 0.05) is 33.4 Å². The minimum Gasteiger partial charge on any atom is -0.507 e. The van der Waals surface area contributed by atoms with Gasteiger partial charge in [-0.05, 0) is 89.8 Å². The van der Waals surface area contributed by atoms with Gasteiger partial charge in [0.1, 0.15) is 17.2 Å². The van der Waals surface area contributed by atoms with Crippen LogP contribution in [0, 0.1) is 0 Å². The molecule has 3 N–H and O–H groups in total. The summed E-state index contributed by atoms with van der Waals surface area (Å²) in [5.41, 5.74) is 7.65. The highest BCUT2D eigenvalue weighted by Crippen LogP contribution is 2.49. The average Bonchev–Trinajstić information content (AvgIpc) is 3.07. The lowest BCUT2D eigenvalue weighted by molar-refractivity contribution is 0.0694. The third-order valence-corrected chi connectivity index (χ3v) is 11.9. The normalized spacial score (nSPS) is 13.3. The molecule has 0 saturated carbocycles. The minimum absolute atomic E-state index is 0.00269. The molecule has 0 radical (unpaired) electrons. The van der Waals surface area contributed by atoms with Gasteiger partial charge < -0.3 is 20.1 Å². The highest BCUT2D eigenvalue weighted by molar-refractivity contribution is 5.99. The lowest BCUT2D eigenvalue weighted by Crippen LogP contribution is -2.23. The number of carbonyl (C=O) groups excluding carboxylic acids is 1. The van der Waals surface area contributed by atoms with Crippen LogP contribution in [0.25, 0.3) is 11.1 Å². The van der Waals surface area contributed by atoms with Gasteiger partial charge in [-0.2, -0.15) is 0 Å². The Bertz CT molecular complexity index is 2330. The molecule has 352 valence electrons. The second-order valence-electron chi connectivity index (χ2n) is 26.2. The van der Waals surface area contributed by atoms with Gasteiger partial charge in [-0.3, -0.25) is 0 Å². The lowest BCUT2D eigenvalue weighted by atomic mass is 9.71. The van der Waals surface area contributed by atoms with Gasteiger partial charge in [-0.25, -0.2) is 9.59 Å². The Balaban J connectivity index is 0.000000340. The summed E-state index contributed by atoms with van der Waals surface area (Å²) >= 11 is 0. The van der Waals surface area contributed by atoms with Crippen LogP contribution in [-0.4, -0.2) is 27.3 Å². The summed E-state index contributed by atoms with van der Waals surface area (Å²) < 4.78 is 5.98. The third-order valence-electron chi connectivity index (χ3n) is 11.9. The van der Waals surface area contributed by atoms with Crippen LogP contribution >= 0.6 is 0 Å². The minimum atomic E-state index is -0.976. The number of carbonyl (C=O) groups is 2. The highest BCUT2D eigenvalue weighted by atomic mass is 16.5. The van der Waals surface area contributed by atoms with Crippen LogP contribution in [0.2, 0.25) is 0 Å². The molecule has 0 fully saturated rings. The first-order chi connectivity index (χ1) is 28.4. The van der Waals surface area contributed by atoms with Crippen molar-refractivity contribution in [3.8, 4) is 28.4 Å². The molecule has 0 saturated heterocycles. The Morgan fingerprint density at radius 2 is 0.797 bits per heavy atom. The van der Waals surface area contributed by atoms with E-state index in [0.29, 0.717) is 28.0 Å². The van der Waals surface area contributed by atoms with E-state index >= 15 is 0 Å². The molecule has 0 unspecified atom stereocenters. The van der Waals surface area contributed by atoms with Crippen molar-refractivity contribution < 1.29 is 29.6 Å². The molecule has 0 aliphatic rings. The van der Waals surface area contributed by atoms with Crippen LogP contribution in [0.15, 0.2) is 54.6 Å². The lowest BCUT2D eigenvalue weighted by Gasteiger charge is -2.33. The van der Waals surface area contributed by atoms with Crippen molar-refractivity contribution in [1.82, 2.24) is 0 Å². The number of aromatic carboxylic acids is 1. The van der Waals surface area contributed by atoms with Crippen molar-refractivity contribution in [2.75, 3.05) is 0 Å². The van der Waals surface area contributed by atoms with E-state index in [1.165, 1.54) is 11.1 Å². The van der Waals surface area contributed by atoms with E-state index in [1.54, 1.807) is 18.2 Å². The molecule has 0 amide bonds. The van der Waals surface area contributed by atoms with Crippen molar-refractivity contribution in [1.29, 1.82) is 0 Å². The summed E-state index contributed by atoms with van der Waals surface area (Å²) in [4.78, 5) is 25.9. The molecule has 0 spiro atoms. The molecule has 0 heterocycles. The molecule has 0 aliphatic heterocycles. The number of phenols is 2. The van der Waals surface area contributed by atoms with Crippen molar-refractivity contribution in [3.63, 3.8) is 0 Å². The van der Waals surface area contributed by atoms with Crippen LogP contribution in [0.5, 0.6) is 17.2 Å². The maximum atomic E-state index is 13.3. The zero-order valence-electron chi connectivity index (χ0n) is 44.3. The van der Waals surface area contributed by atoms with E-state index in [4.69, 9.17) is 4.74 Å².